The van der Waals surface area contributed by atoms with Gasteiger partial charge in [-0.05, 0) is 6.92 Å². The lowest BCUT2D eigenvalue weighted by Crippen LogP contribution is -2.32. The first-order valence-corrected chi connectivity index (χ1v) is 5.51. The van der Waals surface area contributed by atoms with Crippen molar-refractivity contribution >= 4 is 17.7 Å². The number of hydrogen-bond acceptors (Lipinski definition) is 4. The molecule has 0 fully saturated rings. The number of aliphatic hydroxyl groups is 1. The van der Waals surface area contributed by atoms with E-state index in [1.807, 2.05) is 6.92 Å². The molecule has 0 aliphatic rings. The summed E-state index contributed by atoms with van der Waals surface area (Å²) in [6.45, 7) is 2.69. The summed E-state index contributed by atoms with van der Waals surface area (Å²) in [5, 5.41) is 26.3. The molecular formula is C10H16N4O4. The summed E-state index contributed by atoms with van der Waals surface area (Å²) < 4.78 is 1.66. The lowest BCUT2D eigenvalue weighted by Gasteiger charge is -2.07. The molecule has 4 N–H and O–H groups in total. The Hall–Kier alpha value is -2.09. The van der Waals surface area contributed by atoms with Gasteiger partial charge in [0.25, 0.3) is 0 Å². The molecule has 8 nitrogen and oxygen atoms in total. The molecule has 18 heavy (non-hydrogen) atoms. The van der Waals surface area contributed by atoms with Crippen LogP contribution in [0.4, 0.5) is 10.5 Å². The van der Waals surface area contributed by atoms with Crippen LogP contribution in [0.1, 0.15) is 13.3 Å². The van der Waals surface area contributed by atoms with Crippen molar-refractivity contribution in [2.75, 3.05) is 11.9 Å². The summed E-state index contributed by atoms with van der Waals surface area (Å²) in [6, 6.07) is -0.469. The van der Waals surface area contributed by atoms with Gasteiger partial charge in [-0.15, -0.1) is 0 Å². The first-order valence-electron chi connectivity index (χ1n) is 5.51. The third-order valence-corrected chi connectivity index (χ3v) is 2.20. The molecule has 0 unspecified atom stereocenters. The molecule has 1 heterocycles. The molecule has 0 saturated heterocycles. The number of anilines is 1. The maximum Gasteiger partial charge on any atom is 0.332 e. The molecule has 0 spiro atoms. The third-order valence-electron chi connectivity index (χ3n) is 2.20. The van der Waals surface area contributed by atoms with Crippen molar-refractivity contribution in [2.45, 2.75) is 26.0 Å². The molecule has 2 amide bonds. The van der Waals surface area contributed by atoms with Gasteiger partial charge in [-0.1, -0.05) is 0 Å². The van der Waals surface area contributed by atoms with Gasteiger partial charge < -0.3 is 20.8 Å². The van der Waals surface area contributed by atoms with Crippen LogP contribution in [0.3, 0.4) is 0 Å². The zero-order valence-corrected chi connectivity index (χ0v) is 9.96. The average Bonchev–Trinajstić information content (AvgIpc) is 2.76. The minimum absolute atomic E-state index is 0.0447. The number of hydrogen-bond donors (Lipinski definition) is 4. The predicted molar refractivity (Wildman–Crippen MR) is 63.2 cm³/mol. The number of aliphatic carboxylic acids is 1. The van der Waals surface area contributed by atoms with Gasteiger partial charge in [0.05, 0.1) is 11.9 Å². The number of urea groups is 1. The highest BCUT2D eigenvalue weighted by molar-refractivity contribution is 5.88. The highest BCUT2D eigenvalue weighted by atomic mass is 16.4. The lowest BCUT2D eigenvalue weighted by atomic mass is 10.2. The van der Waals surface area contributed by atoms with Crippen molar-refractivity contribution in [1.29, 1.82) is 0 Å². The number of carbonyl (C=O) groups is 2. The second-order valence-electron chi connectivity index (χ2n) is 3.61. The average molecular weight is 256 g/mol. The van der Waals surface area contributed by atoms with E-state index in [9.17, 15) is 9.59 Å². The summed E-state index contributed by atoms with van der Waals surface area (Å²) in [4.78, 5) is 21.7. The van der Waals surface area contributed by atoms with Crippen LogP contribution in [0.25, 0.3) is 0 Å². The Bertz CT molecular complexity index is 418. The van der Waals surface area contributed by atoms with Crippen LogP contribution in [-0.2, 0) is 11.3 Å². The van der Waals surface area contributed by atoms with Gasteiger partial charge in [0.15, 0.2) is 6.10 Å². The van der Waals surface area contributed by atoms with E-state index in [1.54, 1.807) is 10.9 Å². The number of carboxylic acids is 1. The van der Waals surface area contributed by atoms with E-state index in [0.29, 0.717) is 12.2 Å². The first-order chi connectivity index (χ1) is 8.52. The molecule has 0 bridgehead atoms. The first kappa shape index (κ1) is 14.0. The van der Waals surface area contributed by atoms with Crippen molar-refractivity contribution in [2.24, 2.45) is 0 Å². The van der Waals surface area contributed by atoms with Crippen molar-refractivity contribution in [1.82, 2.24) is 15.1 Å². The van der Waals surface area contributed by atoms with Gasteiger partial charge in [-0.25, -0.2) is 9.59 Å². The van der Waals surface area contributed by atoms with E-state index >= 15 is 0 Å². The Morgan fingerprint density at radius 3 is 2.83 bits per heavy atom. The summed E-state index contributed by atoms with van der Waals surface area (Å²) in [5.74, 6) is -1.30. The topological polar surface area (TPSA) is 116 Å². The molecule has 1 aromatic heterocycles. The van der Waals surface area contributed by atoms with Crippen molar-refractivity contribution in [3.63, 3.8) is 0 Å². The normalized spacial score (nSPS) is 11.9. The summed E-state index contributed by atoms with van der Waals surface area (Å²) in [6.07, 6.45) is 1.67. The zero-order chi connectivity index (χ0) is 13.5. The summed E-state index contributed by atoms with van der Waals surface area (Å²) in [5.41, 5.74) is 0.549. The van der Waals surface area contributed by atoms with Crippen LogP contribution >= 0.6 is 0 Å². The molecule has 1 aromatic rings. The molecule has 0 saturated carbocycles. The molecule has 8 heteroatoms. The summed E-state index contributed by atoms with van der Waals surface area (Å²) in [7, 11) is 0. The van der Waals surface area contributed by atoms with Crippen LogP contribution in [0.5, 0.6) is 0 Å². The second kappa shape index (κ2) is 6.60. The van der Waals surface area contributed by atoms with E-state index < -0.39 is 18.1 Å². The minimum Gasteiger partial charge on any atom is -0.479 e. The highest BCUT2D eigenvalue weighted by Crippen LogP contribution is 2.03. The number of carbonyl (C=O) groups excluding carboxylic acids is 1. The van der Waals surface area contributed by atoms with E-state index in [1.165, 1.54) is 6.20 Å². The van der Waals surface area contributed by atoms with E-state index in [-0.39, 0.29) is 13.0 Å². The SMILES string of the molecule is CCn1cc(NC(=O)NCC[C@H](O)C(=O)O)cn1. The maximum atomic E-state index is 11.4. The highest BCUT2D eigenvalue weighted by Gasteiger charge is 2.12. The smallest absolute Gasteiger partial charge is 0.332 e. The van der Waals surface area contributed by atoms with Crippen molar-refractivity contribution in [3.8, 4) is 0 Å². The Kier molecular flexibility index (Phi) is 5.12. The predicted octanol–water partition coefficient (Wildman–Crippen LogP) is -0.140. The quantitative estimate of drug-likeness (QED) is 0.565. The van der Waals surface area contributed by atoms with E-state index in [4.69, 9.17) is 10.2 Å². The number of aryl methyl sites for hydroxylation is 1. The van der Waals surface area contributed by atoms with Crippen LogP contribution in [0, 0.1) is 0 Å². The number of aliphatic hydroxyl groups excluding tert-OH is 1. The van der Waals surface area contributed by atoms with Crippen molar-refractivity contribution in [3.05, 3.63) is 12.4 Å². The van der Waals surface area contributed by atoms with Gasteiger partial charge >= 0.3 is 12.0 Å². The molecule has 0 aromatic carbocycles. The number of nitrogens with one attached hydrogen (secondary N) is 2. The molecule has 1 rings (SSSR count). The number of carboxylic acid groups (broad SMARTS) is 1. The summed E-state index contributed by atoms with van der Waals surface area (Å²) >= 11 is 0. The van der Waals surface area contributed by atoms with Gasteiger partial charge in [0, 0.05) is 25.7 Å². The van der Waals surface area contributed by atoms with Gasteiger partial charge in [0.1, 0.15) is 0 Å². The standard InChI is InChI=1S/C10H16N4O4/c1-2-14-6-7(5-12-14)13-10(18)11-4-3-8(15)9(16)17/h5-6,8,15H,2-4H2,1H3,(H,16,17)(H2,11,13,18)/t8-/m0/s1. The minimum atomic E-state index is -1.46. The maximum absolute atomic E-state index is 11.4. The molecule has 0 aliphatic carbocycles. The van der Waals surface area contributed by atoms with Crippen molar-refractivity contribution < 1.29 is 19.8 Å². The van der Waals surface area contributed by atoms with E-state index in [2.05, 4.69) is 15.7 Å². The Labute approximate surface area is 104 Å². The Balaban J connectivity index is 2.27. The molecule has 0 radical (unpaired) electrons. The monoisotopic (exact) mass is 256 g/mol. The third kappa shape index (κ3) is 4.42. The Morgan fingerprint density at radius 1 is 1.56 bits per heavy atom. The van der Waals surface area contributed by atoms with Gasteiger partial charge in [0.2, 0.25) is 0 Å². The van der Waals surface area contributed by atoms with Crippen LogP contribution in [0.15, 0.2) is 12.4 Å². The number of nitrogens with zero attached hydrogens (tertiary/aromatic N) is 2. The van der Waals surface area contributed by atoms with Crippen LogP contribution in [0.2, 0.25) is 0 Å². The number of rotatable bonds is 6. The van der Waals surface area contributed by atoms with Gasteiger partial charge in [-0.3, -0.25) is 4.68 Å². The molecular weight excluding hydrogens is 240 g/mol. The van der Waals surface area contributed by atoms with Crippen LogP contribution in [-0.4, -0.2) is 44.6 Å². The fourth-order valence-electron chi connectivity index (χ4n) is 1.22. The lowest BCUT2D eigenvalue weighted by molar-refractivity contribution is -0.146. The number of aromatic nitrogens is 2. The van der Waals surface area contributed by atoms with E-state index in [0.717, 1.165) is 0 Å². The second-order valence-corrected chi connectivity index (χ2v) is 3.61. The molecule has 100 valence electrons. The fourth-order valence-corrected chi connectivity index (χ4v) is 1.22. The fraction of sp³-hybridized carbons (Fsp3) is 0.500. The molecule has 1 atom stereocenters. The number of amides is 2. The Morgan fingerprint density at radius 2 is 2.28 bits per heavy atom. The largest absolute Gasteiger partial charge is 0.479 e. The van der Waals surface area contributed by atoms with Crippen LogP contribution < -0.4 is 10.6 Å². The van der Waals surface area contributed by atoms with Gasteiger partial charge in [-0.2, -0.15) is 5.10 Å². The molecule has 0 aliphatic heterocycles. The zero-order valence-electron chi connectivity index (χ0n) is 9.96.